The van der Waals surface area contributed by atoms with Gasteiger partial charge in [0.05, 0.1) is 0 Å². The summed E-state index contributed by atoms with van der Waals surface area (Å²) >= 11 is 12.7. The monoisotopic (exact) mass is 476 g/mol. The first-order valence-corrected chi connectivity index (χ1v) is 12.0. The van der Waals surface area contributed by atoms with Crippen molar-refractivity contribution in [2.24, 2.45) is 0 Å². The molecule has 0 saturated heterocycles. The third kappa shape index (κ3) is 7.25. The van der Waals surface area contributed by atoms with Crippen molar-refractivity contribution in [2.75, 3.05) is 0 Å². The van der Waals surface area contributed by atoms with E-state index < -0.39 is 6.04 Å². The van der Waals surface area contributed by atoms with Crippen LogP contribution in [0.3, 0.4) is 0 Å². The third-order valence-electron chi connectivity index (χ3n) is 5.83. The van der Waals surface area contributed by atoms with Gasteiger partial charge >= 0.3 is 0 Å². The summed E-state index contributed by atoms with van der Waals surface area (Å²) in [5, 5.41) is 3.93. The molecular weight excluding hydrogens is 443 g/mol. The molecule has 2 rings (SSSR count). The zero-order chi connectivity index (χ0) is 23.8. The molecule has 0 saturated carbocycles. The van der Waals surface area contributed by atoms with Crippen molar-refractivity contribution in [2.45, 2.75) is 78.4 Å². The van der Waals surface area contributed by atoms with Gasteiger partial charge in [-0.05, 0) is 55.9 Å². The summed E-state index contributed by atoms with van der Waals surface area (Å²) in [4.78, 5) is 27.7. The molecule has 0 radical (unpaired) electrons. The lowest BCUT2D eigenvalue weighted by molar-refractivity contribution is -0.140. The summed E-state index contributed by atoms with van der Waals surface area (Å²) in [6, 6.07) is 13.0. The average molecular weight is 477 g/mol. The number of benzene rings is 2. The van der Waals surface area contributed by atoms with Crippen molar-refractivity contribution in [1.29, 1.82) is 0 Å². The summed E-state index contributed by atoms with van der Waals surface area (Å²) < 4.78 is 0. The van der Waals surface area contributed by atoms with Crippen LogP contribution in [-0.4, -0.2) is 28.8 Å². The quantitative estimate of drug-likeness (QED) is 0.432. The van der Waals surface area contributed by atoms with Gasteiger partial charge in [-0.3, -0.25) is 9.59 Å². The largest absolute Gasteiger partial charge is 0.352 e. The van der Waals surface area contributed by atoms with Crippen LogP contribution in [0.4, 0.5) is 0 Å². The lowest BCUT2D eigenvalue weighted by Crippen LogP contribution is -2.49. The van der Waals surface area contributed by atoms with E-state index in [-0.39, 0.29) is 24.4 Å². The minimum absolute atomic E-state index is 0.0327. The Balaban J connectivity index is 2.20. The Morgan fingerprint density at radius 1 is 0.969 bits per heavy atom. The highest BCUT2D eigenvalue weighted by Gasteiger charge is 2.27. The number of hydrogen-bond acceptors (Lipinski definition) is 2. The second kappa shape index (κ2) is 12.3. The second-order valence-corrected chi connectivity index (χ2v) is 9.43. The fourth-order valence-electron chi connectivity index (χ4n) is 3.37. The smallest absolute Gasteiger partial charge is 0.242 e. The molecule has 0 aliphatic carbocycles. The predicted molar refractivity (Wildman–Crippen MR) is 133 cm³/mol. The van der Waals surface area contributed by atoms with E-state index >= 15 is 0 Å². The van der Waals surface area contributed by atoms with Gasteiger partial charge in [0.25, 0.3) is 0 Å². The molecule has 2 amide bonds. The van der Waals surface area contributed by atoms with Crippen LogP contribution in [-0.2, 0) is 22.6 Å². The highest BCUT2D eigenvalue weighted by atomic mass is 35.5. The molecule has 4 nitrogen and oxygen atoms in total. The van der Waals surface area contributed by atoms with Crippen molar-refractivity contribution in [3.8, 4) is 0 Å². The highest BCUT2D eigenvalue weighted by Crippen LogP contribution is 2.27. The van der Waals surface area contributed by atoms with Crippen molar-refractivity contribution in [3.63, 3.8) is 0 Å². The summed E-state index contributed by atoms with van der Waals surface area (Å²) in [5.74, 6) is 0.171. The van der Waals surface area contributed by atoms with Crippen LogP contribution in [0.1, 0.15) is 70.1 Å². The first-order valence-electron chi connectivity index (χ1n) is 11.3. The van der Waals surface area contributed by atoms with E-state index in [1.807, 2.05) is 13.8 Å². The zero-order valence-corrected chi connectivity index (χ0v) is 21.1. The molecule has 1 N–H and O–H groups in total. The van der Waals surface area contributed by atoms with Crippen molar-refractivity contribution >= 4 is 35.0 Å². The molecule has 0 aliphatic heterocycles. The number of nitrogens with zero attached hydrogens (tertiary/aromatic N) is 1. The minimum atomic E-state index is -0.646. The third-order valence-corrected chi connectivity index (χ3v) is 6.54. The van der Waals surface area contributed by atoms with Crippen molar-refractivity contribution in [3.05, 3.63) is 69.2 Å². The van der Waals surface area contributed by atoms with Crippen LogP contribution < -0.4 is 5.32 Å². The Kier molecular flexibility index (Phi) is 10.0. The Labute approximate surface area is 202 Å². The van der Waals surface area contributed by atoms with Gasteiger partial charge in [-0.1, -0.05) is 74.3 Å². The number of halogens is 2. The summed E-state index contributed by atoms with van der Waals surface area (Å²) in [7, 11) is 0. The van der Waals surface area contributed by atoms with Gasteiger partial charge in [0.15, 0.2) is 0 Å². The fraction of sp³-hybridized carbons (Fsp3) is 0.462. The van der Waals surface area contributed by atoms with E-state index in [9.17, 15) is 9.59 Å². The molecule has 0 aromatic heterocycles. The number of hydrogen-bond donors (Lipinski definition) is 1. The van der Waals surface area contributed by atoms with E-state index in [4.69, 9.17) is 23.2 Å². The van der Waals surface area contributed by atoms with Gasteiger partial charge in [-0.2, -0.15) is 0 Å². The van der Waals surface area contributed by atoms with Gasteiger partial charge in [0, 0.05) is 34.6 Å². The van der Waals surface area contributed by atoms with E-state index in [2.05, 4.69) is 43.4 Å². The standard InChI is InChI=1S/C26H34Cl2N2O2/c1-6-18(4)29-26(32)19(5)30(16-22-23(27)8-7-9-24(22)28)25(31)15-12-20-10-13-21(14-11-20)17(2)3/h7-11,13-14,17-19H,6,12,15-16H2,1-5H3,(H,29,32). The first-order chi connectivity index (χ1) is 15.1. The van der Waals surface area contributed by atoms with Crippen LogP contribution in [0, 0.1) is 0 Å². The molecule has 0 bridgehead atoms. The molecule has 0 aliphatic rings. The number of amides is 2. The van der Waals surface area contributed by atoms with Crippen LogP contribution in [0.15, 0.2) is 42.5 Å². The Morgan fingerprint density at radius 3 is 2.09 bits per heavy atom. The molecular formula is C26H34Cl2N2O2. The minimum Gasteiger partial charge on any atom is -0.352 e. The van der Waals surface area contributed by atoms with E-state index in [1.165, 1.54) is 5.56 Å². The average Bonchev–Trinajstić information content (AvgIpc) is 2.77. The number of carbonyl (C=O) groups is 2. The number of rotatable bonds is 10. The Bertz CT molecular complexity index is 892. The van der Waals surface area contributed by atoms with Crippen molar-refractivity contribution in [1.82, 2.24) is 10.2 Å². The number of aryl methyl sites for hydroxylation is 1. The van der Waals surface area contributed by atoms with E-state index in [0.717, 1.165) is 12.0 Å². The van der Waals surface area contributed by atoms with Gasteiger partial charge < -0.3 is 10.2 Å². The van der Waals surface area contributed by atoms with Crippen LogP contribution in [0.5, 0.6) is 0 Å². The maximum Gasteiger partial charge on any atom is 0.242 e. The molecule has 2 unspecified atom stereocenters. The molecule has 32 heavy (non-hydrogen) atoms. The predicted octanol–water partition coefficient (Wildman–Crippen LogP) is 6.38. The molecule has 0 heterocycles. The maximum absolute atomic E-state index is 13.3. The maximum atomic E-state index is 13.3. The SMILES string of the molecule is CCC(C)NC(=O)C(C)N(Cc1c(Cl)cccc1Cl)C(=O)CCc1ccc(C(C)C)cc1. The molecule has 2 aromatic rings. The summed E-state index contributed by atoms with van der Waals surface area (Å²) in [5.41, 5.74) is 3.01. The first kappa shape index (κ1) is 26.2. The molecule has 0 fully saturated rings. The van der Waals surface area contributed by atoms with Gasteiger partial charge in [-0.25, -0.2) is 0 Å². The van der Waals surface area contributed by atoms with Crippen LogP contribution in [0.2, 0.25) is 10.0 Å². The normalized spacial score (nSPS) is 13.0. The summed E-state index contributed by atoms with van der Waals surface area (Å²) in [6.07, 6.45) is 1.71. The lowest BCUT2D eigenvalue weighted by atomic mass is 10.00. The Hall–Kier alpha value is -2.04. The summed E-state index contributed by atoms with van der Waals surface area (Å²) in [6.45, 7) is 10.2. The number of nitrogens with one attached hydrogen (secondary N) is 1. The molecule has 2 aromatic carbocycles. The highest BCUT2D eigenvalue weighted by molar-refractivity contribution is 6.36. The zero-order valence-electron chi connectivity index (χ0n) is 19.6. The molecule has 0 spiro atoms. The van der Waals surface area contributed by atoms with E-state index in [0.29, 0.717) is 34.4 Å². The Morgan fingerprint density at radius 2 is 1.56 bits per heavy atom. The van der Waals surface area contributed by atoms with Gasteiger partial charge in [0.2, 0.25) is 11.8 Å². The van der Waals surface area contributed by atoms with E-state index in [1.54, 1.807) is 30.0 Å². The molecule has 2 atom stereocenters. The number of carbonyl (C=O) groups excluding carboxylic acids is 2. The second-order valence-electron chi connectivity index (χ2n) is 8.61. The van der Waals surface area contributed by atoms with Crippen LogP contribution in [0.25, 0.3) is 0 Å². The van der Waals surface area contributed by atoms with Crippen LogP contribution >= 0.6 is 23.2 Å². The topological polar surface area (TPSA) is 49.4 Å². The molecule has 6 heteroatoms. The fourth-order valence-corrected chi connectivity index (χ4v) is 3.88. The lowest BCUT2D eigenvalue weighted by Gasteiger charge is -2.30. The van der Waals surface area contributed by atoms with Gasteiger partial charge in [-0.15, -0.1) is 0 Å². The van der Waals surface area contributed by atoms with Crippen molar-refractivity contribution < 1.29 is 9.59 Å². The van der Waals surface area contributed by atoms with Gasteiger partial charge in [0.1, 0.15) is 6.04 Å². The molecule has 174 valence electrons.